The Morgan fingerprint density at radius 2 is 2.17 bits per heavy atom. The Bertz CT molecular complexity index is 723. The van der Waals surface area contributed by atoms with Gasteiger partial charge in [0.2, 0.25) is 5.91 Å². The van der Waals surface area contributed by atoms with E-state index in [9.17, 15) is 9.59 Å². The van der Waals surface area contributed by atoms with Crippen LogP contribution in [0.3, 0.4) is 0 Å². The lowest BCUT2D eigenvalue weighted by Gasteiger charge is -2.14. The summed E-state index contributed by atoms with van der Waals surface area (Å²) in [6.07, 6.45) is 0.991. The number of quaternary nitrogens is 1. The van der Waals surface area contributed by atoms with Gasteiger partial charge in [-0.2, -0.15) is 0 Å². The summed E-state index contributed by atoms with van der Waals surface area (Å²) < 4.78 is 1.53. The van der Waals surface area contributed by atoms with E-state index < -0.39 is 0 Å². The van der Waals surface area contributed by atoms with Crippen LogP contribution < -0.4 is 15.1 Å². The summed E-state index contributed by atoms with van der Waals surface area (Å²) in [5.41, 5.74) is 2.17. The first kappa shape index (κ1) is 16.0. The molecule has 3 rings (SSSR count). The molecule has 2 atom stereocenters. The average molecular weight is 332 g/mol. The average Bonchev–Trinajstić information content (AvgIpc) is 3.09. The second kappa shape index (κ2) is 7.10. The van der Waals surface area contributed by atoms with Gasteiger partial charge in [0.1, 0.15) is 13.1 Å². The molecule has 2 aromatic rings. The third-order valence-electron chi connectivity index (χ3n) is 4.32. The maximum Gasteiger partial charge on any atom is 0.307 e. The molecule has 0 spiro atoms. The van der Waals surface area contributed by atoms with Crippen molar-refractivity contribution in [3.05, 3.63) is 56.6 Å². The van der Waals surface area contributed by atoms with Crippen LogP contribution in [-0.2, 0) is 17.9 Å². The number of thiazole rings is 1. The molecule has 1 saturated heterocycles. The number of carbonyl (C=O) groups excluding carboxylic acids is 1. The number of likely N-dealkylation sites (tertiary alicyclic amines) is 1. The molecule has 0 radical (unpaired) electrons. The second-order valence-corrected chi connectivity index (χ2v) is 6.97. The minimum atomic E-state index is -0.0699. The predicted molar refractivity (Wildman–Crippen MR) is 90.7 cm³/mol. The van der Waals surface area contributed by atoms with Gasteiger partial charge in [-0.05, 0) is 6.92 Å². The minimum absolute atomic E-state index is 0.0691. The van der Waals surface area contributed by atoms with E-state index in [1.54, 1.807) is 5.38 Å². The molecule has 122 valence electrons. The Kier molecular flexibility index (Phi) is 4.93. The first-order valence-corrected chi connectivity index (χ1v) is 8.81. The second-order valence-electron chi connectivity index (χ2n) is 6.15. The summed E-state index contributed by atoms with van der Waals surface area (Å²) in [5.74, 6) is -0.0699. The van der Waals surface area contributed by atoms with Crippen LogP contribution >= 0.6 is 11.3 Å². The number of aromatic nitrogens is 1. The highest BCUT2D eigenvalue weighted by Gasteiger charge is 2.27. The summed E-state index contributed by atoms with van der Waals surface area (Å²) in [6.45, 7) is 4.98. The van der Waals surface area contributed by atoms with E-state index in [1.807, 2.05) is 13.0 Å². The molecule has 1 fully saturated rings. The van der Waals surface area contributed by atoms with Crippen molar-refractivity contribution in [3.8, 4) is 0 Å². The van der Waals surface area contributed by atoms with Gasteiger partial charge in [-0.1, -0.05) is 41.7 Å². The Morgan fingerprint density at radius 3 is 2.87 bits per heavy atom. The van der Waals surface area contributed by atoms with Crippen molar-refractivity contribution in [1.82, 2.24) is 9.88 Å². The van der Waals surface area contributed by atoms with Crippen molar-refractivity contribution in [2.75, 3.05) is 13.1 Å². The zero-order valence-corrected chi connectivity index (χ0v) is 14.1. The van der Waals surface area contributed by atoms with Crippen LogP contribution in [0.15, 0.2) is 40.5 Å². The molecule has 1 aliphatic heterocycles. The van der Waals surface area contributed by atoms with Gasteiger partial charge >= 0.3 is 4.87 Å². The van der Waals surface area contributed by atoms with Crippen LogP contribution in [0.2, 0.25) is 0 Å². The number of amides is 1. The van der Waals surface area contributed by atoms with Crippen molar-refractivity contribution < 1.29 is 9.69 Å². The lowest BCUT2D eigenvalue weighted by molar-refractivity contribution is -0.901. The van der Waals surface area contributed by atoms with E-state index in [-0.39, 0.29) is 23.4 Å². The van der Waals surface area contributed by atoms with E-state index in [1.165, 1.54) is 15.0 Å². The lowest BCUT2D eigenvalue weighted by atomic mass is 10.2. The van der Waals surface area contributed by atoms with Crippen LogP contribution in [-0.4, -0.2) is 29.6 Å². The van der Waals surface area contributed by atoms with Gasteiger partial charge < -0.3 is 10.2 Å². The summed E-state index contributed by atoms with van der Waals surface area (Å²) in [6, 6.07) is 10.6. The van der Waals surface area contributed by atoms with Crippen LogP contribution in [0, 0.1) is 6.92 Å². The summed E-state index contributed by atoms with van der Waals surface area (Å²) >= 11 is 1.14. The minimum Gasteiger partial charge on any atom is -0.346 e. The number of nitrogens with one attached hydrogen (secondary N) is 2. The third kappa shape index (κ3) is 4.09. The lowest BCUT2D eigenvalue weighted by Crippen LogP contribution is -3.09. The Hall–Kier alpha value is -1.92. The van der Waals surface area contributed by atoms with Gasteiger partial charge in [0.15, 0.2) is 0 Å². The fourth-order valence-corrected chi connectivity index (χ4v) is 3.85. The number of benzene rings is 1. The first-order valence-electron chi connectivity index (χ1n) is 7.93. The molecule has 1 aromatic heterocycles. The Morgan fingerprint density at radius 1 is 1.39 bits per heavy atom. The number of carbonyl (C=O) groups is 1. The molecule has 1 aromatic carbocycles. The first-order chi connectivity index (χ1) is 11.1. The Balaban J connectivity index is 1.50. The van der Waals surface area contributed by atoms with Gasteiger partial charge in [0, 0.05) is 23.1 Å². The molecule has 1 aliphatic rings. The van der Waals surface area contributed by atoms with Crippen molar-refractivity contribution in [2.45, 2.75) is 32.5 Å². The van der Waals surface area contributed by atoms with Gasteiger partial charge in [0.25, 0.3) is 0 Å². The summed E-state index contributed by atoms with van der Waals surface area (Å²) in [7, 11) is 0. The highest BCUT2D eigenvalue weighted by Crippen LogP contribution is 2.01. The maximum atomic E-state index is 12.2. The Labute approximate surface area is 139 Å². The van der Waals surface area contributed by atoms with Gasteiger partial charge in [-0.3, -0.25) is 14.2 Å². The third-order valence-corrected chi connectivity index (χ3v) is 5.20. The molecular formula is C17H22N3O2S+. The molecule has 0 saturated carbocycles. The standard InChI is InChI=1S/C17H21N3O2S/c1-13-12-23-17(22)20(13)11-16(21)18-15-7-8-19(10-15)9-14-5-3-2-4-6-14/h2-6,12,15H,7-11H2,1H3,(H,18,21)/p+1/t15-/m0/s1. The summed E-state index contributed by atoms with van der Waals surface area (Å²) in [4.78, 5) is 25.2. The monoisotopic (exact) mass is 332 g/mol. The predicted octanol–water partition coefficient (Wildman–Crippen LogP) is 0.192. The smallest absolute Gasteiger partial charge is 0.307 e. The van der Waals surface area contributed by atoms with Crippen molar-refractivity contribution in [2.24, 2.45) is 0 Å². The summed E-state index contributed by atoms with van der Waals surface area (Å²) in [5, 5.41) is 4.86. The van der Waals surface area contributed by atoms with E-state index in [4.69, 9.17) is 0 Å². The zero-order chi connectivity index (χ0) is 16.2. The fourth-order valence-electron chi connectivity index (χ4n) is 3.11. The largest absolute Gasteiger partial charge is 0.346 e. The van der Waals surface area contributed by atoms with Crippen LogP contribution in [0.4, 0.5) is 0 Å². The molecule has 23 heavy (non-hydrogen) atoms. The zero-order valence-electron chi connectivity index (χ0n) is 13.2. The number of hydrogen-bond acceptors (Lipinski definition) is 3. The quantitative estimate of drug-likeness (QED) is 0.821. The van der Waals surface area contributed by atoms with E-state index in [0.29, 0.717) is 0 Å². The normalized spacial score (nSPS) is 20.6. The molecule has 0 aliphatic carbocycles. The van der Waals surface area contributed by atoms with E-state index in [0.717, 1.165) is 43.1 Å². The fraction of sp³-hybridized carbons (Fsp3) is 0.412. The number of hydrogen-bond donors (Lipinski definition) is 2. The van der Waals surface area contributed by atoms with Gasteiger partial charge in [-0.15, -0.1) is 0 Å². The maximum absolute atomic E-state index is 12.2. The molecule has 2 heterocycles. The molecular weight excluding hydrogens is 310 g/mol. The molecule has 1 unspecified atom stereocenters. The highest BCUT2D eigenvalue weighted by atomic mass is 32.1. The molecule has 1 amide bonds. The van der Waals surface area contributed by atoms with Crippen LogP contribution in [0.1, 0.15) is 17.7 Å². The molecule has 0 bridgehead atoms. The van der Waals surface area contributed by atoms with Crippen molar-refractivity contribution in [1.29, 1.82) is 0 Å². The molecule has 6 heteroatoms. The van der Waals surface area contributed by atoms with Gasteiger partial charge in [0.05, 0.1) is 19.1 Å². The van der Waals surface area contributed by atoms with E-state index >= 15 is 0 Å². The molecule has 5 nitrogen and oxygen atoms in total. The topological polar surface area (TPSA) is 55.5 Å². The number of rotatable bonds is 5. The SMILES string of the molecule is Cc1csc(=O)n1CC(=O)N[C@H]1CC[NH+](Cc2ccccc2)C1. The van der Waals surface area contributed by atoms with E-state index in [2.05, 4.69) is 29.6 Å². The van der Waals surface area contributed by atoms with Crippen LogP contribution in [0.25, 0.3) is 0 Å². The van der Waals surface area contributed by atoms with Crippen LogP contribution in [0.5, 0.6) is 0 Å². The number of nitrogens with zero attached hydrogens (tertiary/aromatic N) is 1. The van der Waals surface area contributed by atoms with Crippen molar-refractivity contribution in [3.63, 3.8) is 0 Å². The highest BCUT2D eigenvalue weighted by molar-refractivity contribution is 7.07. The van der Waals surface area contributed by atoms with Gasteiger partial charge in [-0.25, -0.2) is 0 Å². The number of aryl methyl sites for hydroxylation is 1. The molecule has 2 N–H and O–H groups in total. The van der Waals surface area contributed by atoms with Crippen molar-refractivity contribution >= 4 is 17.2 Å².